The van der Waals surface area contributed by atoms with Gasteiger partial charge in [0.25, 0.3) is 0 Å². The number of aliphatic carboxylic acids is 1. The fourth-order valence-electron chi connectivity index (χ4n) is 3.06. The van der Waals surface area contributed by atoms with Crippen LogP contribution in [0.3, 0.4) is 0 Å². The van der Waals surface area contributed by atoms with Gasteiger partial charge in [-0.3, -0.25) is 9.59 Å². The second-order valence-corrected chi connectivity index (χ2v) is 5.74. The fourth-order valence-corrected chi connectivity index (χ4v) is 3.06. The van der Waals surface area contributed by atoms with Crippen molar-refractivity contribution in [2.75, 3.05) is 13.1 Å². The quantitative estimate of drug-likeness (QED) is 0.906. The van der Waals surface area contributed by atoms with Crippen molar-refractivity contribution < 1.29 is 14.7 Å². The maximum atomic E-state index is 12.7. The number of likely N-dealkylation sites (tertiary alicyclic amines) is 1. The van der Waals surface area contributed by atoms with Crippen LogP contribution in [-0.2, 0) is 9.59 Å². The number of benzene rings is 1. The Kier molecular flexibility index (Phi) is 5.37. The molecule has 1 aromatic rings. The zero-order valence-electron chi connectivity index (χ0n) is 12.5. The van der Waals surface area contributed by atoms with E-state index in [9.17, 15) is 9.59 Å². The lowest BCUT2D eigenvalue weighted by Crippen LogP contribution is -2.41. The summed E-state index contributed by atoms with van der Waals surface area (Å²) in [5.41, 5.74) is 1.07. The first-order valence-electron chi connectivity index (χ1n) is 7.67. The van der Waals surface area contributed by atoms with Crippen molar-refractivity contribution >= 4 is 11.9 Å². The minimum atomic E-state index is -0.740. The second kappa shape index (κ2) is 7.25. The van der Waals surface area contributed by atoms with Crippen LogP contribution >= 0.6 is 0 Å². The average Bonchev–Trinajstić information content (AvgIpc) is 2.49. The van der Waals surface area contributed by atoms with Crippen LogP contribution in [0.5, 0.6) is 0 Å². The number of carboxylic acid groups (broad SMARTS) is 1. The molecule has 0 saturated carbocycles. The van der Waals surface area contributed by atoms with Crippen LogP contribution in [0.2, 0.25) is 0 Å². The molecule has 4 nitrogen and oxygen atoms in total. The topological polar surface area (TPSA) is 57.6 Å². The zero-order valence-corrected chi connectivity index (χ0v) is 12.5. The number of carbonyl (C=O) groups is 2. The lowest BCUT2D eigenvalue weighted by atomic mass is 9.90. The molecule has 0 bridgehead atoms. The number of carboxylic acids is 1. The van der Waals surface area contributed by atoms with Gasteiger partial charge in [-0.15, -0.1) is 0 Å². The normalized spacial score (nSPS) is 17.5. The van der Waals surface area contributed by atoms with Crippen molar-refractivity contribution in [3.63, 3.8) is 0 Å². The third-order valence-electron chi connectivity index (χ3n) is 4.30. The first kappa shape index (κ1) is 15.5. The van der Waals surface area contributed by atoms with Gasteiger partial charge >= 0.3 is 5.97 Å². The Morgan fingerprint density at radius 2 is 1.86 bits per heavy atom. The van der Waals surface area contributed by atoms with Gasteiger partial charge in [0, 0.05) is 19.5 Å². The van der Waals surface area contributed by atoms with Crippen LogP contribution in [0.25, 0.3) is 0 Å². The molecule has 0 aromatic heterocycles. The Labute approximate surface area is 125 Å². The third kappa shape index (κ3) is 4.06. The van der Waals surface area contributed by atoms with E-state index in [0.717, 1.165) is 24.8 Å². The van der Waals surface area contributed by atoms with Crippen LogP contribution in [0.15, 0.2) is 30.3 Å². The summed E-state index contributed by atoms with van der Waals surface area (Å²) in [6, 6.07) is 9.89. The van der Waals surface area contributed by atoms with Crippen molar-refractivity contribution in [3.05, 3.63) is 35.9 Å². The first-order chi connectivity index (χ1) is 10.1. The van der Waals surface area contributed by atoms with Gasteiger partial charge in [-0.25, -0.2) is 0 Å². The van der Waals surface area contributed by atoms with Crippen molar-refractivity contribution in [1.29, 1.82) is 0 Å². The van der Waals surface area contributed by atoms with Crippen molar-refractivity contribution in [2.24, 2.45) is 5.92 Å². The summed E-state index contributed by atoms with van der Waals surface area (Å²) >= 11 is 0. The number of hydrogen-bond acceptors (Lipinski definition) is 2. The van der Waals surface area contributed by atoms with E-state index in [0.29, 0.717) is 13.1 Å². The molecule has 1 aliphatic rings. The molecule has 1 saturated heterocycles. The van der Waals surface area contributed by atoms with Crippen LogP contribution < -0.4 is 0 Å². The molecule has 0 aliphatic carbocycles. The smallest absolute Gasteiger partial charge is 0.303 e. The summed E-state index contributed by atoms with van der Waals surface area (Å²) < 4.78 is 0. The van der Waals surface area contributed by atoms with E-state index in [1.54, 1.807) is 0 Å². The van der Waals surface area contributed by atoms with E-state index in [1.807, 2.05) is 42.2 Å². The largest absolute Gasteiger partial charge is 0.481 e. The Hall–Kier alpha value is -1.84. The van der Waals surface area contributed by atoms with E-state index in [-0.39, 0.29) is 24.2 Å². The molecule has 4 heteroatoms. The molecule has 1 heterocycles. The van der Waals surface area contributed by atoms with E-state index in [2.05, 4.69) is 0 Å². The van der Waals surface area contributed by atoms with Crippen LogP contribution in [-0.4, -0.2) is 35.0 Å². The average molecular weight is 289 g/mol. The minimum Gasteiger partial charge on any atom is -0.481 e. The van der Waals surface area contributed by atoms with Gasteiger partial charge in [0.2, 0.25) is 5.91 Å². The summed E-state index contributed by atoms with van der Waals surface area (Å²) in [5, 5.41) is 8.84. The Bertz CT molecular complexity index is 478. The maximum Gasteiger partial charge on any atom is 0.303 e. The van der Waals surface area contributed by atoms with Gasteiger partial charge in [-0.05, 0) is 30.7 Å². The first-order valence-corrected chi connectivity index (χ1v) is 7.67. The number of hydrogen-bond donors (Lipinski definition) is 1. The zero-order chi connectivity index (χ0) is 15.2. The highest BCUT2D eigenvalue weighted by atomic mass is 16.4. The minimum absolute atomic E-state index is 0.0813. The van der Waals surface area contributed by atoms with Gasteiger partial charge < -0.3 is 10.0 Å². The highest BCUT2D eigenvalue weighted by Crippen LogP contribution is 2.26. The third-order valence-corrected chi connectivity index (χ3v) is 4.30. The molecule has 1 amide bonds. The van der Waals surface area contributed by atoms with E-state index in [4.69, 9.17) is 5.11 Å². The molecule has 114 valence electrons. The SMILES string of the molecule is CCC(C(=O)N1CCC(CC(=O)O)CC1)c1ccccc1. The number of piperidine rings is 1. The van der Waals surface area contributed by atoms with E-state index >= 15 is 0 Å². The van der Waals surface area contributed by atoms with Crippen molar-refractivity contribution in [1.82, 2.24) is 4.90 Å². The summed E-state index contributed by atoms with van der Waals surface area (Å²) in [6.45, 7) is 3.40. The molecule has 1 aromatic carbocycles. The highest BCUT2D eigenvalue weighted by Gasteiger charge is 2.28. The molecule has 1 N–H and O–H groups in total. The molecule has 2 rings (SSSR count). The van der Waals surface area contributed by atoms with Gasteiger partial charge in [-0.1, -0.05) is 37.3 Å². The second-order valence-electron chi connectivity index (χ2n) is 5.74. The molecule has 1 aliphatic heterocycles. The summed E-state index contributed by atoms with van der Waals surface area (Å²) in [7, 11) is 0. The van der Waals surface area contributed by atoms with Gasteiger partial charge in [-0.2, -0.15) is 0 Å². The Morgan fingerprint density at radius 3 is 2.38 bits per heavy atom. The maximum absolute atomic E-state index is 12.7. The number of amides is 1. The number of carbonyl (C=O) groups excluding carboxylic acids is 1. The predicted octanol–water partition coefficient (Wildman–Crippen LogP) is 2.89. The highest BCUT2D eigenvalue weighted by molar-refractivity contribution is 5.83. The van der Waals surface area contributed by atoms with Crippen molar-refractivity contribution in [3.8, 4) is 0 Å². The molecular weight excluding hydrogens is 266 g/mol. The van der Waals surface area contributed by atoms with Crippen LogP contribution in [0.4, 0.5) is 0 Å². The molecule has 1 unspecified atom stereocenters. The molecule has 21 heavy (non-hydrogen) atoms. The Balaban J connectivity index is 1.96. The lowest BCUT2D eigenvalue weighted by molar-refractivity contribution is -0.139. The lowest BCUT2D eigenvalue weighted by Gasteiger charge is -2.33. The monoisotopic (exact) mass is 289 g/mol. The van der Waals surface area contributed by atoms with Crippen LogP contribution in [0, 0.1) is 5.92 Å². The molecule has 0 radical (unpaired) electrons. The van der Waals surface area contributed by atoms with Crippen molar-refractivity contribution in [2.45, 2.75) is 38.5 Å². The van der Waals surface area contributed by atoms with Crippen LogP contribution in [0.1, 0.15) is 44.1 Å². The molecule has 1 atom stereocenters. The molecular formula is C17H23NO3. The Morgan fingerprint density at radius 1 is 1.24 bits per heavy atom. The fraction of sp³-hybridized carbons (Fsp3) is 0.529. The summed E-state index contributed by atoms with van der Waals surface area (Å²) in [6.07, 6.45) is 2.60. The summed E-state index contributed by atoms with van der Waals surface area (Å²) in [5.74, 6) is -0.432. The predicted molar refractivity (Wildman–Crippen MR) is 81.0 cm³/mol. The van der Waals surface area contributed by atoms with Gasteiger partial charge in [0.1, 0.15) is 0 Å². The molecule has 0 spiro atoms. The van der Waals surface area contributed by atoms with Gasteiger partial charge in [0.05, 0.1) is 5.92 Å². The molecule has 1 fully saturated rings. The number of nitrogens with zero attached hydrogens (tertiary/aromatic N) is 1. The standard InChI is InChI=1S/C17H23NO3/c1-2-15(14-6-4-3-5-7-14)17(21)18-10-8-13(9-11-18)12-16(19)20/h3-7,13,15H,2,8-12H2,1H3,(H,19,20). The number of rotatable bonds is 5. The summed E-state index contributed by atoms with van der Waals surface area (Å²) in [4.78, 5) is 25.3. The van der Waals surface area contributed by atoms with E-state index < -0.39 is 5.97 Å². The van der Waals surface area contributed by atoms with Gasteiger partial charge in [0.15, 0.2) is 0 Å². The van der Waals surface area contributed by atoms with E-state index in [1.165, 1.54) is 0 Å².